The molecule has 0 bridgehead atoms. The quantitative estimate of drug-likeness (QED) is 0.419. The van der Waals surface area contributed by atoms with Gasteiger partial charge in [0.1, 0.15) is 18.5 Å². The van der Waals surface area contributed by atoms with E-state index in [9.17, 15) is 22.8 Å². The zero-order chi connectivity index (χ0) is 24.3. The zero-order valence-electron chi connectivity index (χ0n) is 17.7. The number of hydrogen-bond donors (Lipinski definition) is 0. The van der Waals surface area contributed by atoms with Crippen LogP contribution in [-0.4, -0.2) is 24.3 Å². The summed E-state index contributed by atoms with van der Waals surface area (Å²) in [6.07, 6.45) is -1.98. The minimum atomic E-state index is -4.51. The number of aromatic nitrogens is 5. The van der Waals surface area contributed by atoms with Crippen molar-refractivity contribution in [1.82, 2.24) is 24.3 Å². The average molecular weight is 475 g/mol. The summed E-state index contributed by atoms with van der Waals surface area (Å²) in [4.78, 5) is 33.3. The van der Waals surface area contributed by atoms with Crippen molar-refractivity contribution in [2.45, 2.75) is 44.2 Å². The summed E-state index contributed by atoms with van der Waals surface area (Å²) in [5, 5.41) is 4.43. The zero-order valence-corrected chi connectivity index (χ0v) is 17.7. The van der Waals surface area contributed by atoms with Gasteiger partial charge in [-0.05, 0) is 36.2 Å². The average Bonchev–Trinajstić information content (AvgIpc) is 3.12. The number of aryl methyl sites for hydroxylation is 1. The van der Waals surface area contributed by atoms with Crippen LogP contribution >= 0.6 is 0 Å². The number of halogens is 4. The summed E-state index contributed by atoms with van der Waals surface area (Å²) >= 11 is 0. The number of fused-ring (bicyclic) bond motifs is 1. The molecule has 0 amide bonds. The molecule has 0 spiro atoms. The predicted octanol–water partition coefficient (Wildman–Crippen LogP) is 3.52. The number of alkyl halides is 4. The van der Waals surface area contributed by atoms with E-state index in [-0.39, 0.29) is 36.4 Å². The van der Waals surface area contributed by atoms with Gasteiger partial charge >= 0.3 is 11.9 Å². The van der Waals surface area contributed by atoms with E-state index in [4.69, 9.17) is 4.42 Å². The molecule has 0 saturated heterocycles. The fourth-order valence-corrected chi connectivity index (χ4v) is 4.16. The lowest BCUT2D eigenvalue weighted by Gasteiger charge is -2.40. The molecular weight excluding hydrogens is 458 g/mol. The van der Waals surface area contributed by atoms with Crippen LogP contribution in [0.4, 0.5) is 17.6 Å². The molecule has 12 heteroatoms. The van der Waals surface area contributed by atoms with E-state index in [1.54, 1.807) is 19.2 Å². The van der Waals surface area contributed by atoms with Gasteiger partial charge in [0.2, 0.25) is 5.89 Å². The summed E-state index contributed by atoms with van der Waals surface area (Å²) in [7, 11) is 0. The maximum atomic E-state index is 15.2. The number of pyridine rings is 1. The first kappa shape index (κ1) is 22.0. The molecule has 5 rings (SSSR count). The Hall–Kier alpha value is -3.83. The van der Waals surface area contributed by atoms with E-state index in [0.717, 1.165) is 28.9 Å². The van der Waals surface area contributed by atoms with E-state index in [0.29, 0.717) is 16.6 Å². The first-order chi connectivity index (χ1) is 16.0. The lowest BCUT2D eigenvalue weighted by Crippen LogP contribution is -2.42. The number of nitrogens with zero attached hydrogens (tertiary/aromatic N) is 5. The van der Waals surface area contributed by atoms with Crippen LogP contribution in [0.1, 0.15) is 41.5 Å². The Labute approximate surface area is 188 Å². The van der Waals surface area contributed by atoms with Gasteiger partial charge in [-0.3, -0.25) is 9.36 Å². The summed E-state index contributed by atoms with van der Waals surface area (Å²) in [6, 6.07) is 4.92. The highest BCUT2D eigenvalue weighted by atomic mass is 19.4. The molecule has 1 aromatic carbocycles. The van der Waals surface area contributed by atoms with E-state index in [1.165, 1.54) is 10.9 Å². The molecule has 176 valence electrons. The van der Waals surface area contributed by atoms with Crippen molar-refractivity contribution in [3.63, 3.8) is 0 Å². The highest BCUT2D eigenvalue weighted by Crippen LogP contribution is 2.51. The Bertz CT molecular complexity index is 1500. The van der Waals surface area contributed by atoms with Gasteiger partial charge in [0.15, 0.2) is 5.65 Å². The molecule has 4 aromatic rings. The van der Waals surface area contributed by atoms with E-state index in [1.807, 2.05) is 0 Å². The molecular formula is C22H17F4N5O3. The Morgan fingerprint density at radius 1 is 1.12 bits per heavy atom. The van der Waals surface area contributed by atoms with Crippen LogP contribution in [0.25, 0.3) is 11.0 Å². The van der Waals surface area contributed by atoms with E-state index >= 15 is 4.39 Å². The second-order valence-electron chi connectivity index (χ2n) is 8.31. The Balaban J connectivity index is 1.34. The molecule has 3 heterocycles. The third-order valence-corrected chi connectivity index (χ3v) is 6.04. The van der Waals surface area contributed by atoms with Gasteiger partial charge in [0.25, 0.3) is 5.56 Å². The SMILES string of the molecule is Cc1ccnc2ncn(Cc3nn([C@H]4C[C@@](F)(c5ccc(C(F)(F)F)cc5)C4)c(=O)o3)c(=O)c12. The van der Waals surface area contributed by atoms with Gasteiger partial charge in [0.05, 0.1) is 17.0 Å². The van der Waals surface area contributed by atoms with Crippen LogP contribution in [0, 0.1) is 6.92 Å². The van der Waals surface area contributed by atoms with Gasteiger partial charge in [0, 0.05) is 19.0 Å². The van der Waals surface area contributed by atoms with Crippen molar-refractivity contribution >= 4 is 11.0 Å². The monoisotopic (exact) mass is 475 g/mol. The summed E-state index contributed by atoms with van der Waals surface area (Å²) in [5.74, 6) is -0.866. The molecule has 0 atom stereocenters. The summed E-state index contributed by atoms with van der Waals surface area (Å²) in [5.41, 5.74) is -2.02. The molecule has 0 aliphatic heterocycles. The maximum Gasteiger partial charge on any atom is 0.437 e. The third kappa shape index (κ3) is 3.68. The van der Waals surface area contributed by atoms with Crippen LogP contribution in [0.5, 0.6) is 0 Å². The Morgan fingerprint density at radius 3 is 2.50 bits per heavy atom. The van der Waals surface area contributed by atoms with Crippen molar-refractivity contribution in [3.8, 4) is 0 Å². The Morgan fingerprint density at radius 2 is 1.82 bits per heavy atom. The smallest absolute Gasteiger partial charge is 0.390 e. The van der Waals surface area contributed by atoms with Crippen molar-refractivity contribution in [3.05, 3.63) is 86.3 Å². The lowest BCUT2D eigenvalue weighted by atomic mass is 9.73. The number of benzene rings is 1. The lowest BCUT2D eigenvalue weighted by molar-refractivity contribution is -0.137. The van der Waals surface area contributed by atoms with Crippen molar-refractivity contribution in [1.29, 1.82) is 0 Å². The normalized spacial score (nSPS) is 20.4. The molecule has 8 nitrogen and oxygen atoms in total. The highest BCUT2D eigenvalue weighted by molar-refractivity contribution is 5.76. The molecule has 0 N–H and O–H groups in total. The Kier molecular flexibility index (Phi) is 4.92. The van der Waals surface area contributed by atoms with Gasteiger partial charge in [-0.2, -0.15) is 17.9 Å². The second kappa shape index (κ2) is 7.61. The van der Waals surface area contributed by atoms with Crippen LogP contribution in [0.2, 0.25) is 0 Å². The maximum absolute atomic E-state index is 15.2. The van der Waals surface area contributed by atoms with Crippen molar-refractivity contribution < 1.29 is 22.0 Å². The summed E-state index contributed by atoms with van der Waals surface area (Å²) < 4.78 is 60.8. The molecule has 1 aliphatic rings. The predicted molar refractivity (Wildman–Crippen MR) is 111 cm³/mol. The minimum Gasteiger partial charge on any atom is -0.390 e. The molecule has 0 radical (unpaired) electrons. The highest BCUT2D eigenvalue weighted by Gasteiger charge is 2.48. The van der Waals surface area contributed by atoms with Gasteiger partial charge in [-0.25, -0.2) is 19.2 Å². The van der Waals surface area contributed by atoms with E-state index in [2.05, 4.69) is 15.1 Å². The van der Waals surface area contributed by atoms with Crippen LogP contribution in [0.15, 0.2) is 56.9 Å². The molecule has 1 aliphatic carbocycles. The minimum absolute atomic E-state index is 0.0549. The van der Waals surface area contributed by atoms with Gasteiger partial charge in [-0.15, -0.1) is 5.10 Å². The third-order valence-electron chi connectivity index (χ3n) is 6.04. The fourth-order valence-electron chi connectivity index (χ4n) is 4.16. The standard InChI is InChI=1S/C22H17F4N5O3/c1-12-6-7-27-18-17(12)19(32)30(11-28-18)10-16-29-31(20(33)34-16)15-8-21(23,9-15)13-2-4-14(5-3-13)22(24,25)26/h2-7,11,15H,8-10H2,1H3/t15-,21-. The van der Waals surface area contributed by atoms with Crippen molar-refractivity contribution in [2.24, 2.45) is 0 Å². The first-order valence-corrected chi connectivity index (χ1v) is 10.3. The molecule has 34 heavy (non-hydrogen) atoms. The van der Waals surface area contributed by atoms with Crippen molar-refractivity contribution in [2.75, 3.05) is 0 Å². The fraction of sp³-hybridized carbons (Fsp3) is 0.318. The molecule has 3 aromatic heterocycles. The first-order valence-electron chi connectivity index (χ1n) is 10.3. The molecule has 1 fully saturated rings. The van der Waals surface area contributed by atoms with Crippen LogP contribution in [0.3, 0.4) is 0 Å². The largest absolute Gasteiger partial charge is 0.437 e. The van der Waals surface area contributed by atoms with Crippen LogP contribution in [-0.2, 0) is 18.4 Å². The summed E-state index contributed by atoms with van der Waals surface area (Å²) in [6.45, 7) is 1.59. The number of hydrogen-bond acceptors (Lipinski definition) is 6. The topological polar surface area (TPSA) is 95.8 Å². The second-order valence-corrected chi connectivity index (χ2v) is 8.31. The molecule has 1 saturated carbocycles. The van der Waals surface area contributed by atoms with Crippen LogP contribution < -0.4 is 11.3 Å². The van der Waals surface area contributed by atoms with Gasteiger partial charge < -0.3 is 4.42 Å². The number of rotatable bonds is 4. The van der Waals surface area contributed by atoms with Gasteiger partial charge in [-0.1, -0.05) is 12.1 Å². The van der Waals surface area contributed by atoms with E-state index < -0.39 is 29.2 Å². The molecule has 0 unspecified atom stereocenters.